The zero-order valence-corrected chi connectivity index (χ0v) is 15.5. The fraction of sp³-hybridized carbons (Fsp3) is 0.500. The summed E-state index contributed by atoms with van der Waals surface area (Å²) in [5.41, 5.74) is 2.38. The minimum Gasteiger partial charge on any atom is -0.356 e. The van der Waals surface area contributed by atoms with Crippen LogP contribution in [0.2, 0.25) is 0 Å². The predicted molar refractivity (Wildman–Crippen MR) is 102 cm³/mol. The molecule has 0 bridgehead atoms. The van der Waals surface area contributed by atoms with Crippen LogP contribution in [0.5, 0.6) is 0 Å². The van der Waals surface area contributed by atoms with Gasteiger partial charge >= 0.3 is 0 Å². The average Bonchev–Trinajstić information content (AvgIpc) is 3.10. The number of anilines is 3. The van der Waals surface area contributed by atoms with Gasteiger partial charge in [-0.2, -0.15) is 0 Å². The Labute approximate surface area is 154 Å². The van der Waals surface area contributed by atoms with Gasteiger partial charge in [-0.3, -0.25) is 0 Å². The van der Waals surface area contributed by atoms with Crippen molar-refractivity contribution in [3.8, 4) is 0 Å². The normalized spacial score (nSPS) is 19.1. The summed E-state index contributed by atoms with van der Waals surface area (Å²) in [5.74, 6) is 2.20. The third-order valence-electron chi connectivity index (χ3n) is 5.15. The summed E-state index contributed by atoms with van der Waals surface area (Å²) >= 11 is 0. The third kappa shape index (κ3) is 3.52. The number of aromatic nitrogens is 2. The molecule has 2 aliphatic heterocycles. The minimum atomic E-state index is -0.361. The maximum atomic E-state index is 5.82. The molecular weight excluding hydrogens is 328 g/mol. The number of hydrogen-bond donors (Lipinski definition) is 1. The molecule has 3 heterocycles. The second-order valence-electron chi connectivity index (χ2n) is 6.89. The van der Waals surface area contributed by atoms with Crippen molar-refractivity contribution in [3.05, 3.63) is 41.7 Å². The molecule has 0 atom stereocenters. The molecular formula is C20H26N4O2. The number of rotatable bonds is 4. The Bertz CT molecular complexity index is 764. The van der Waals surface area contributed by atoms with Crippen molar-refractivity contribution in [2.24, 2.45) is 0 Å². The van der Waals surface area contributed by atoms with E-state index >= 15 is 0 Å². The highest BCUT2D eigenvalue weighted by Crippen LogP contribution is 2.33. The zero-order valence-electron chi connectivity index (χ0n) is 15.5. The molecule has 138 valence electrons. The number of hydrogen-bond acceptors (Lipinski definition) is 6. The molecule has 0 amide bonds. The number of para-hydroxylation sites is 1. The standard InChI is InChI=1S/C20H26N4O2/c1-3-16-6-4-5-7-17(16)23-18-14-19(22-15(2)21-18)24-10-8-20(9-11-24)25-12-13-26-20/h4-7,14H,3,8-13H2,1-2H3,(H,21,22,23). The molecule has 0 aliphatic carbocycles. The maximum absolute atomic E-state index is 5.82. The molecule has 2 aliphatic rings. The van der Waals surface area contributed by atoms with Crippen molar-refractivity contribution >= 4 is 17.3 Å². The first-order chi connectivity index (χ1) is 12.7. The smallest absolute Gasteiger partial charge is 0.171 e. The van der Waals surface area contributed by atoms with Crippen LogP contribution in [0.15, 0.2) is 30.3 Å². The quantitative estimate of drug-likeness (QED) is 0.908. The summed E-state index contributed by atoms with van der Waals surface area (Å²) in [6.07, 6.45) is 2.73. The van der Waals surface area contributed by atoms with Crippen LogP contribution in [0, 0.1) is 6.92 Å². The molecule has 1 N–H and O–H groups in total. The SMILES string of the molecule is CCc1ccccc1Nc1cc(N2CCC3(CC2)OCCO3)nc(C)n1. The van der Waals surface area contributed by atoms with Gasteiger partial charge in [0.2, 0.25) is 0 Å². The Balaban J connectivity index is 1.51. The van der Waals surface area contributed by atoms with Crippen LogP contribution in [0.25, 0.3) is 0 Å². The van der Waals surface area contributed by atoms with Gasteiger partial charge in [-0.15, -0.1) is 0 Å². The van der Waals surface area contributed by atoms with Gasteiger partial charge in [0.05, 0.1) is 13.2 Å². The number of nitrogens with zero attached hydrogens (tertiary/aromatic N) is 3. The van der Waals surface area contributed by atoms with Gasteiger partial charge < -0.3 is 19.7 Å². The van der Waals surface area contributed by atoms with Gasteiger partial charge in [0.1, 0.15) is 17.5 Å². The Morgan fingerprint density at radius 1 is 1.12 bits per heavy atom. The van der Waals surface area contributed by atoms with Gasteiger partial charge in [0, 0.05) is 37.7 Å². The van der Waals surface area contributed by atoms with Crippen LogP contribution >= 0.6 is 0 Å². The number of aryl methyl sites for hydroxylation is 2. The van der Waals surface area contributed by atoms with E-state index < -0.39 is 0 Å². The first-order valence-electron chi connectivity index (χ1n) is 9.41. The summed E-state index contributed by atoms with van der Waals surface area (Å²) in [5, 5.41) is 3.47. The van der Waals surface area contributed by atoms with Gasteiger partial charge in [-0.25, -0.2) is 9.97 Å². The van der Waals surface area contributed by atoms with Crippen LogP contribution in [0.4, 0.5) is 17.3 Å². The van der Waals surface area contributed by atoms with E-state index in [0.717, 1.165) is 55.5 Å². The fourth-order valence-electron chi connectivity index (χ4n) is 3.73. The Morgan fingerprint density at radius 3 is 2.58 bits per heavy atom. The second-order valence-corrected chi connectivity index (χ2v) is 6.89. The van der Waals surface area contributed by atoms with Gasteiger partial charge in [-0.1, -0.05) is 25.1 Å². The second kappa shape index (κ2) is 7.21. The molecule has 1 aromatic heterocycles. The molecule has 0 unspecified atom stereocenters. The molecule has 2 aromatic rings. The van der Waals surface area contributed by atoms with E-state index in [4.69, 9.17) is 9.47 Å². The van der Waals surface area contributed by atoms with Crippen LogP contribution in [-0.4, -0.2) is 42.1 Å². The summed E-state index contributed by atoms with van der Waals surface area (Å²) in [7, 11) is 0. The lowest BCUT2D eigenvalue weighted by molar-refractivity contribution is -0.169. The van der Waals surface area contributed by atoms with Crippen molar-refractivity contribution in [1.82, 2.24) is 9.97 Å². The fourth-order valence-corrected chi connectivity index (χ4v) is 3.73. The summed E-state index contributed by atoms with van der Waals surface area (Å²) < 4.78 is 11.6. The molecule has 1 spiro atoms. The van der Waals surface area contributed by atoms with Crippen molar-refractivity contribution in [2.45, 2.75) is 38.9 Å². The van der Waals surface area contributed by atoms with Crippen molar-refractivity contribution in [3.63, 3.8) is 0 Å². The third-order valence-corrected chi connectivity index (χ3v) is 5.15. The molecule has 2 fully saturated rings. The van der Waals surface area contributed by atoms with Crippen molar-refractivity contribution < 1.29 is 9.47 Å². The van der Waals surface area contributed by atoms with Gasteiger partial charge in [0.25, 0.3) is 0 Å². The molecule has 2 saturated heterocycles. The summed E-state index contributed by atoms with van der Waals surface area (Å²) in [4.78, 5) is 11.5. The average molecular weight is 354 g/mol. The summed E-state index contributed by atoms with van der Waals surface area (Å²) in [6, 6.07) is 10.4. The van der Waals surface area contributed by atoms with E-state index in [0.29, 0.717) is 13.2 Å². The molecule has 6 heteroatoms. The highest BCUT2D eigenvalue weighted by atomic mass is 16.7. The molecule has 1 aromatic carbocycles. The highest BCUT2D eigenvalue weighted by molar-refractivity contribution is 5.63. The monoisotopic (exact) mass is 354 g/mol. The van der Waals surface area contributed by atoms with Crippen molar-refractivity contribution in [2.75, 3.05) is 36.5 Å². The predicted octanol–water partition coefficient (Wildman–Crippen LogP) is 3.43. The van der Waals surface area contributed by atoms with Crippen LogP contribution in [0.3, 0.4) is 0 Å². The minimum absolute atomic E-state index is 0.361. The van der Waals surface area contributed by atoms with E-state index in [1.807, 2.05) is 19.1 Å². The number of benzene rings is 1. The Hall–Kier alpha value is -2.18. The van der Waals surface area contributed by atoms with Crippen LogP contribution < -0.4 is 10.2 Å². The first kappa shape index (κ1) is 17.2. The van der Waals surface area contributed by atoms with E-state index in [1.165, 1.54) is 5.56 Å². The van der Waals surface area contributed by atoms with E-state index in [9.17, 15) is 0 Å². The molecule has 26 heavy (non-hydrogen) atoms. The molecule has 0 saturated carbocycles. The van der Waals surface area contributed by atoms with Gasteiger partial charge in [-0.05, 0) is 25.0 Å². The van der Waals surface area contributed by atoms with Crippen molar-refractivity contribution in [1.29, 1.82) is 0 Å². The molecule has 4 rings (SSSR count). The number of ether oxygens (including phenoxy) is 2. The maximum Gasteiger partial charge on any atom is 0.171 e. The first-order valence-corrected chi connectivity index (χ1v) is 9.41. The van der Waals surface area contributed by atoms with Crippen LogP contribution in [0.1, 0.15) is 31.2 Å². The lowest BCUT2D eigenvalue weighted by atomic mass is 10.0. The lowest BCUT2D eigenvalue weighted by Gasteiger charge is -2.38. The lowest BCUT2D eigenvalue weighted by Crippen LogP contribution is -2.45. The largest absolute Gasteiger partial charge is 0.356 e. The Kier molecular flexibility index (Phi) is 4.78. The van der Waals surface area contributed by atoms with Gasteiger partial charge in [0.15, 0.2) is 5.79 Å². The highest BCUT2D eigenvalue weighted by Gasteiger charge is 2.40. The Morgan fingerprint density at radius 2 is 1.85 bits per heavy atom. The topological polar surface area (TPSA) is 59.5 Å². The number of piperidine rings is 1. The van der Waals surface area contributed by atoms with E-state index in [2.05, 4.69) is 45.3 Å². The summed E-state index contributed by atoms with van der Waals surface area (Å²) in [6.45, 7) is 7.26. The zero-order chi connectivity index (χ0) is 18.0. The molecule has 0 radical (unpaired) electrons. The van der Waals surface area contributed by atoms with Crippen LogP contribution in [-0.2, 0) is 15.9 Å². The molecule has 6 nitrogen and oxygen atoms in total. The van der Waals surface area contributed by atoms with E-state index in [-0.39, 0.29) is 5.79 Å². The number of nitrogens with one attached hydrogen (secondary N) is 1. The van der Waals surface area contributed by atoms with E-state index in [1.54, 1.807) is 0 Å².